The Morgan fingerprint density at radius 2 is 2.60 bits per heavy atom. The Morgan fingerprint density at radius 1 is 1.70 bits per heavy atom. The zero-order valence-electron chi connectivity index (χ0n) is 6.00. The van der Waals surface area contributed by atoms with Crippen molar-refractivity contribution in [3.63, 3.8) is 0 Å². The van der Waals surface area contributed by atoms with Gasteiger partial charge in [-0.1, -0.05) is 6.92 Å². The van der Waals surface area contributed by atoms with Crippen LogP contribution in [0.5, 0.6) is 0 Å². The van der Waals surface area contributed by atoms with Crippen molar-refractivity contribution in [1.29, 1.82) is 0 Å². The van der Waals surface area contributed by atoms with Gasteiger partial charge in [0.1, 0.15) is 11.3 Å². The molecular formula is C6H11N3S. The molecule has 1 aromatic heterocycles. The van der Waals surface area contributed by atoms with E-state index in [9.17, 15) is 0 Å². The monoisotopic (exact) mass is 157 g/mol. The van der Waals surface area contributed by atoms with Crippen molar-refractivity contribution in [3.8, 4) is 0 Å². The Bertz CT molecular complexity index is 162. The molecule has 0 aliphatic rings. The number of hydrogen-bond acceptors (Lipinski definition) is 4. The molecule has 0 aromatic carbocycles. The molecule has 0 radical (unpaired) electrons. The molecule has 1 heterocycles. The number of nitrogens with zero attached hydrogens (tertiary/aromatic N) is 2. The van der Waals surface area contributed by atoms with Gasteiger partial charge in [-0.05, 0) is 24.5 Å². The van der Waals surface area contributed by atoms with E-state index < -0.39 is 0 Å². The van der Waals surface area contributed by atoms with Gasteiger partial charge in [0.2, 0.25) is 0 Å². The molecule has 0 saturated carbocycles. The minimum absolute atomic E-state index is 0.860. The van der Waals surface area contributed by atoms with Crippen LogP contribution in [-0.4, -0.2) is 15.9 Å². The molecule has 4 heteroatoms. The van der Waals surface area contributed by atoms with E-state index in [1.807, 2.05) is 0 Å². The molecule has 0 amide bonds. The lowest BCUT2D eigenvalue weighted by Crippen LogP contribution is -2.13. The summed E-state index contributed by atoms with van der Waals surface area (Å²) in [4.78, 5) is 4.03. The van der Waals surface area contributed by atoms with Gasteiger partial charge in [0.15, 0.2) is 0 Å². The van der Waals surface area contributed by atoms with Crippen molar-refractivity contribution in [2.24, 2.45) is 0 Å². The van der Waals surface area contributed by atoms with Gasteiger partial charge in [0.25, 0.3) is 0 Å². The molecular weight excluding hydrogens is 146 g/mol. The predicted molar refractivity (Wildman–Crippen MR) is 41.9 cm³/mol. The van der Waals surface area contributed by atoms with Crippen LogP contribution in [0.1, 0.15) is 18.4 Å². The number of nitrogens with one attached hydrogen (secondary N) is 1. The molecule has 0 aliphatic heterocycles. The second-order valence-electron chi connectivity index (χ2n) is 2.01. The quantitative estimate of drug-likeness (QED) is 0.663. The van der Waals surface area contributed by atoms with E-state index in [0.29, 0.717) is 0 Å². The Morgan fingerprint density at radius 3 is 3.20 bits per heavy atom. The highest BCUT2D eigenvalue weighted by molar-refractivity contribution is 7.05. The summed E-state index contributed by atoms with van der Waals surface area (Å²) in [5.74, 6) is 0. The van der Waals surface area contributed by atoms with Crippen molar-refractivity contribution in [2.45, 2.75) is 19.9 Å². The van der Waals surface area contributed by atoms with Crippen LogP contribution in [-0.2, 0) is 6.54 Å². The largest absolute Gasteiger partial charge is 0.310 e. The first-order valence-electron chi connectivity index (χ1n) is 3.39. The van der Waals surface area contributed by atoms with Crippen LogP contribution in [0.3, 0.4) is 0 Å². The van der Waals surface area contributed by atoms with Crippen LogP contribution in [0.15, 0.2) is 6.33 Å². The standard InChI is InChI=1S/C6H11N3S/c1-2-3-7-4-6-8-5-9-10-6/h5,7H,2-4H2,1H3. The van der Waals surface area contributed by atoms with Gasteiger partial charge in [0.05, 0.1) is 0 Å². The summed E-state index contributed by atoms with van der Waals surface area (Å²) in [5.41, 5.74) is 0. The normalized spacial score (nSPS) is 10.1. The highest BCUT2D eigenvalue weighted by atomic mass is 32.1. The predicted octanol–water partition coefficient (Wildman–Crippen LogP) is 1.04. The van der Waals surface area contributed by atoms with E-state index in [4.69, 9.17) is 0 Å². The first kappa shape index (κ1) is 7.63. The van der Waals surface area contributed by atoms with Crippen molar-refractivity contribution >= 4 is 11.5 Å². The molecule has 0 atom stereocenters. The van der Waals surface area contributed by atoms with Crippen molar-refractivity contribution < 1.29 is 0 Å². The molecule has 10 heavy (non-hydrogen) atoms. The van der Waals surface area contributed by atoms with Crippen LogP contribution in [0.4, 0.5) is 0 Å². The van der Waals surface area contributed by atoms with Gasteiger partial charge in [-0.15, -0.1) is 0 Å². The summed E-state index contributed by atoms with van der Waals surface area (Å²) in [6, 6.07) is 0. The Balaban J connectivity index is 2.15. The van der Waals surface area contributed by atoms with Crippen LogP contribution in [0.2, 0.25) is 0 Å². The number of aromatic nitrogens is 2. The summed E-state index contributed by atoms with van der Waals surface area (Å²) >= 11 is 1.45. The first-order valence-corrected chi connectivity index (χ1v) is 4.17. The zero-order valence-corrected chi connectivity index (χ0v) is 6.82. The maximum Gasteiger partial charge on any atom is 0.129 e. The average Bonchev–Trinajstić information content (AvgIpc) is 2.41. The second-order valence-corrected chi connectivity index (χ2v) is 2.88. The average molecular weight is 157 g/mol. The summed E-state index contributed by atoms with van der Waals surface area (Å²) in [7, 11) is 0. The number of rotatable bonds is 4. The van der Waals surface area contributed by atoms with E-state index in [-0.39, 0.29) is 0 Å². The third-order valence-corrected chi connectivity index (χ3v) is 1.77. The molecule has 0 unspecified atom stereocenters. The molecule has 3 nitrogen and oxygen atoms in total. The Labute approximate surface area is 64.7 Å². The smallest absolute Gasteiger partial charge is 0.129 e. The van der Waals surface area contributed by atoms with E-state index in [1.54, 1.807) is 6.33 Å². The summed E-state index contributed by atoms with van der Waals surface area (Å²) < 4.78 is 3.89. The van der Waals surface area contributed by atoms with Crippen molar-refractivity contribution in [2.75, 3.05) is 6.54 Å². The van der Waals surface area contributed by atoms with Crippen LogP contribution < -0.4 is 5.32 Å². The van der Waals surface area contributed by atoms with Gasteiger partial charge >= 0.3 is 0 Å². The zero-order chi connectivity index (χ0) is 7.23. The third-order valence-electron chi connectivity index (χ3n) is 1.11. The third kappa shape index (κ3) is 2.41. The molecule has 0 aliphatic carbocycles. The van der Waals surface area contributed by atoms with Gasteiger partial charge in [-0.3, -0.25) is 0 Å². The molecule has 1 rings (SSSR count). The Kier molecular flexibility index (Phi) is 3.32. The highest BCUT2D eigenvalue weighted by Crippen LogP contribution is 1.97. The fourth-order valence-corrected chi connectivity index (χ4v) is 1.12. The van der Waals surface area contributed by atoms with Gasteiger partial charge in [-0.2, -0.15) is 4.37 Å². The maximum absolute atomic E-state index is 4.03. The van der Waals surface area contributed by atoms with Gasteiger partial charge in [0, 0.05) is 6.54 Å². The molecule has 0 spiro atoms. The summed E-state index contributed by atoms with van der Waals surface area (Å²) in [5, 5.41) is 4.31. The van der Waals surface area contributed by atoms with Crippen LogP contribution in [0, 0.1) is 0 Å². The maximum atomic E-state index is 4.03. The molecule has 0 bridgehead atoms. The lowest BCUT2D eigenvalue weighted by atomic mass is 10.5. The van der Waals surface area contributed by atoms with E-state index in [2.05, 4.69) is 21.6 Å². The molecule has 56 valence electrons. The topological polar surface area (TPSA) is 37.8 Å². The lowest BCUT2D eigenvalue weighted by molar-refractivity contribution is 0.673. The van der Waals surface area contributed by atoms with E-state index >= 15 is 0 Å². The summed E-state index contributed by atoms with van der Waals surface area (Å²) in [6.07, 6.45) is 2.76. The fraction of sp³-hybridized carbons (Fsp3) is 0.667. The molecule has 0 fully saturated rings. The Hall–Kier alpha value is -0.480. The SMILES string of the molecule is CCCNCc1ncns1. The number of hydrogen-bond donors (Lipinski definition) is 1. The fourth-order valence-electron chi connectivity index (χ4n) is 0.646. The minimum Gasteiger partial charge on any atom is -0.310 e. The van der Waals surface area contributed by atoms with Crippen LogP contribution >= 0.6 is 11.5 Å². The van der Waals surface area contributed by atoms with Gasteiger partial charge < -0.3 is 5.32 Å². The summed E-state index contributed by atoms with van der Waals surface area (Å²) in [6.45, 7) is 4.06. The van der Waals surface area contributed by atoms with Crippen LogP contribution in [0.25, 0.3) is 0 Å². The minimum atomic E-state index is 0.860. The second kappa shape index (κ2) is 4.35. The van der Waals surface area contributed by atoms with Crippen molar-refractivity contribution in [1.82, 2.24) is 14.7 Å². The van der Waals surface area contributed by atoms with E-state index in [0.717, 1.165) is 18.1 Å². The molecule has 1 N–H and O–H groups in total. The highest BCUT2D eigenvalue weighted by Gasteiger charge is 1.92. The molecule has 0 saturated heterocycles. The van der Waals surface area contributed by atoms with E-state index in [1.165, 1.54) is 18.0 Å². The van der Waals surface area contributed by atoms with Gasteiger partial charge in [-0.25, -0.2) is 4.98 Å². The van der Waals surface area contributed by atoms with Crippen molar-refractivity contribution in [3.05, 3.63) is 11.3 Å². The first-order chi connectivity index (χ1) is 4.93. The lowest BCUT2D eigenvalue weighted by Gasteiger charge is -1.96. The molecule has 1 aromatic rings.